The normalized spacial score (nSPS) is 17.1. The third-order valence-electron chi connectivity index (χ3n) is 4.07. The van der Waals surface area contributed by atoms with Crippen LogP contribution >= 0.6 is 0 Å². The van der Waals surface area contributed by atoms with Gasteiger partial charge < -0.3 is 5.32 Å². The van der Waals surface area contributed by atoms with Gasteiger partial charge in [0.2, 0.25) is 5.91 Å². The number of carbonyl (C=O) groups excluding carboxylic acids is 1. The molecule has 0 aliphatic carbocycles. The molecule has 1 aliphatic heterocycles. The van der Waals surface area contributed by atoms with Crippen LogP contribution in [-0.2, 0) is 17.8 Å². The van der Waals surface area contributed by atoms with Crippen LogP contribution in [0.3, 0.4) is 0 Å². The predicted molar refractivity (Wildman–Crippen MR) is 87.1 cm³/mol. The monoisotopic (exact) mass is 288 g/mol. The van der Waals surface area contributed by atoms with E-state index in [2.05, 4.69) is 62.2 Å². The molecule has 1 amide bonds. The Morgan fingerprint density at radius 3 is 2.62 bits per heavy atom. The molecule has 0 saturated carbocycles. The first-order valence-electron chi connectivity index (χ1n) is 7.93. The Labute approximate surface area is 128 Å². The number of amides is 1. The molecule has 0 saturated heterocycles. The number of fused-ring (bicyclic) bond motifs is 1. The van der Waals surface area contributed by atoms with Crippen molar-refractivity contribution in [2.75, 3.05) is 13.1 Å². The lowest BCUT2D eigenvalue weighted by molar-refractivity contribution is -0.123. The highest BCUT2D eigenvalue weighted by Crippen LogP contribution is 2.20. The number of nitrogens with one attached hydrogen (secondary N) is 1. The fraction of sp³-hybridized carbons (Fsp3) is 0.611. The zero-order chi connectivity index (χ0) is 15.5. The predicted octanol–water partition coefficient (Wildman–Crippen LogP) is 2.99. The van der Waals surface area contributed by atoms with Crippen molar-refractivity contribution >= 4 is 5.91 Å². The van der Waals surface area contributed by atoms with Gasteiger partial charge in [-0.25, -0.2) is 0 Å². The van der Waals surface area contributed by atoms with E-state index in [0.717, 1.165) is 26.1 Å². The first kappa shape index (κ1) is 16.0. The van der Waals surface area contributed by atoms with E-state index in [4.69, 9.17) is 0 Å². The van der Waals surface area contributed by atoms with E-state index in [-0.39, 0.29) is 11.3 Å². The minimum atomic E-state index is 0.0530. The van der Waals surface area contributed by atoms with E-state index < -0.39 is 0 Å². The van der Waals surface area contributed by atoms with Crippen LogP contribution in [0.2, 0.25) is 0 Å². The van der Waals surface area contributed by atoms with Crippen LogP contribution in [0.1, 0.15) is 45.2 Å². The lowest BCUT2D eigenvalue weighted by Crippen LogP contribution is -2.44. The topological polar surface area (TPSA) is 32.3 Å². The van der Waals surface area contributed by atoms with Crippen molar-refractivity contribution in [3.05, 3.63) is 35.4 Å². The maximum atomic E-state index is 11.9. The van der Waals surface area contributed by atoms with Crippen molar-refractivity contribution in [1.82, 2.24) is 10.2 Å². The molecule has 3 nitrogen and oxygen atoms in total. The van der Waals surface area contributed by atoms with Gasteiger partial charge in [0.25, 0.3) is 0 Å². The van der Waals surface area contributed by atoms with Crippen molar-refractivity contribution in [1.29, 1.82) is 0 Å². The van der Waals surface area contributed by atoms with Crippen molar-refractivity contribution in [2.45, 2.75) is 53.1 Å². The summed E-state index contributed by atoms with van der Waals surface area (Å²) in [5.41, 5.74) is 2.95. The van der Waals surface area contributed by atoms with Crippen LogP contribution in [0.25, 0.3) is 0 Å². The SMILES string of the molecule is CC(CNC(=O)CC(C)(C)C)N1CCc2ccccc2C1. The maximum Gasteiger partial charge on any atom is 0.220 e. The lowest BCUT2D eigenvalue weighted by Gasteiger charge is -2.34. The van der Waals surface area contributed by atoms with Gasteiger partial charge in [-0.2, -0.15) is 0 Å². The molecule has 0 radical (unpaired) electrons. The van der Waals surface area contributed by atoms with E-state index >= 15 is 0 Å². The fourth-order valence-electron chi connectivity index (χ4n) is 2.83. The highest BCUT2D eigenvalue weighted by atomic mass is 16.1. The molecule has 0 bridgehead atoms. The lowest BCUT2D eigenvalue weighted by atomic mass is 9.92. The molecular weight excluding hydrogens is 260 g/mol. The molecule has 1 unspecified atom stereocenters. The molecule has 2 rings (SSSR count). The quantitative estimate of drug-likeness (QED) is 0.924. The van der Waals surface area contributed by atoms with Gasteiger partial charge in [0, 0.05) is 32.1 Å². The molecule has 1 aliphatic rings. The molecule has 1 atom stereocenters. The number of carbonyl (C=O) groups is 1. The molecule has 21 heavy (non-hydrogen) atoms. The van der Waals surface area contributed by atoms with Crippen LogP contribution in [0.15, 0.2) is 24.3 Å². The van der Waals surface area contributed by atoms with Gasteiger partial charge in [0.05, 0.1) is 0 Å². The fourth-order valence-corrected chi connectivity index (χ4v) is 2.83. The Bertz CT molecular complexity index is 490. The smallest absolute Gasteiger partial charge is 0.220 e. The second-order valence-electron chi connectivity index (χ2n) is 7.38. The van der Waals surface area contributed by atoms with E-state index in [1.54, 1.807) is 0 Å². The summed E-state index contributed by atoms with van der Waals surface area (Å²) >= 11 is 0. The molecular formula is C18H28N2O. The highest BCUT2D eigenvalue weighted by Gasteiger charge is 2.21. The van der Waals surface area contributed by atoms with E-state index in [0.29, 0.717) is 12.5 Å². The van der Waals surface area contributed by atoms with Gasteiger partial charge in [-0.1, -0.05) is 45.0 Å². The minimum Gasteiger partial charge on any atom is -0.355 e. The van der Waals surface area contributed by atoms with E-state index in [1.807, 2.05) is 0 Å². The van der Waals surface area contributed by atoms with Crippen molar-refractivity contribution in [2.24, 2.45) is 5.41 Å². The van der Waals surface area contributed by atoms with Gasteiger partial charge in [0.15, 0.2) is 0 Å². The molecule has 1 aromatic rings. The Morgan fingerprint density at radius 1 is 1.29 bits per heavy atom. The summed E-state index contributed by atoms with van der Waals surface area (Å²) in [6, 6.07) is 9.04. The largest absolute Gasteiger partial charge is 0.355 e. The number of hydrogen-bond acceptors (Lipinski definition) is 2. The minimum absolute atomic E-state index is 0.0530. The highest BCUT2D eigenvalue weighted by molar-refractivity contribution is 5.76. The van der Waals surface area contributed by atoms with Crippen LogP contribution in [0, 0.1) is 5.41 Å². The molecule has 1 aromatic carbocycles. The van der Waals surface area contributed by atoms with Crippen molar-refractivity contribution in [3.63, 3.8) is 0 Å². The Balaban J connectivity index is 1.82. The second kappa shape index (κ2) is 6.61. The number of nitrogens with zero attached hydrogens (tertiary/aromatic N) is 1. The van der Waals surface area contributed by atoms with Crippen LogP contribution < -0.4 is 5.32 Å². The summed E-state index contributed by atoms with van der Waals surface area (Å²) in [5.74, 6) is 0.159. The Kier molecular flexibility index (Phi) is 5.04. The zero-order valence-electron chi connectivity index (χ0n) is 13.8. The third kappa shape index (κ3) is 4.85. The van der Waals surface area contributed by atoms with E-state index in [1.165, 1.54) is 11.1 Å². The van der Waals surface area contributed by atoms with Gasteiger partial charge in [-0.05, 0) is 29.9 Å². The van der Waals surface area contributed by atoms with Crippen LogP contribution in [0.5, 0.6) is 0 Å². The van der Waals surface area contributed by atoms with Gasteiger partial charge in [-0.3, -0.25) is 9.69 Å². The van der Waals surface area contributed by atoms with Crippen LogP contribution in [-0.4, -0.2) is 29.9 Å². The standard InChI is InChI=1S/C18H28N2O/c1-14(12-19-17(21)11-18(2,3)4)20-10-9-15-7-5-6-8-16(15)13-20/h5-8,14H,9-13H2,1-4H3,(H,19,21). The summed E-state index contributed by atoms with van der Waals surface area (Å²) in [6.07, 6.45) is 1.69. The first-order valence-corrected chi connectivity index (χ1v) is 7.93. The summed E-state index contributed by atoms with van der Waals surface area (Å²) in [6.45, 7) is 11.3. The molecule has 1 N–H and O–H groups in total. The summed E-state index contributed by atoms with van der Waals surface area (Å²) in [4.78, 5) is 14.4. The number of hydrogen-bond donors (Lipinski definition) is 1. The average molecular weight is 288 g/mol. The third-order valence-corrected chi connectivity index (χ3v) is 4.07. The Hall–Kier alpha value is -1.35. The molecule has 0 fully saturated rings. The van der Waals surface area contributed by atoms with E-state index in [9.17, 15) is 4.79 Å². The van der Waals surface area contributed by atoms with Crippen LogP contribution in [0.4, 0.5) is 0 Å². The van der Waals surface area contributed by atoms with Crippen molar-refractivity contribution in [3.8, 4) is 0 Å². The van der Waals surface area contributed by atoms with Gasteiger partial charge in [0.1, 0.15) is 0 Å². The second-order valence-corrected chi connectivity index (χ2v) is 7.38. The summed E-state index contributed by atoms with van der Waals surface area (Å²) < 4.78 is 0. The molecule has 3 heteroatoms. The molecule has 116 valence electrons. The van der Waals surface area contributed by atoms with Gasteiger partial charge >= 0.3 is 0 Å². The maximum absolute atomic E-state index is 11.9. The number of rotatable bonds is 4. The molecule has 0 aromatic heterocycles. The average Bonchev–Trinajstić information content (AvgIpc) is 2.42. The summed E-state index contributed by atoms with van der Waals surface area (Å²) in [7, 11) is 0. The summed E-state index contributed by atoms with van der Waals surface area (Å²) in [5, 5.41) is 3.08. The Morgan fingerprint density at radius 2 is 1.95 bits per heavy atom. The molecule has 0 spiro atoms. The zero-order valence-corrected chi connectivity index (χ0v) is 13.8. The number of benzene rings is 1. The van der Waals surface area contributed by atoms with Gasteiger partial charge in [-0.15, -0.1) is 0 Å². The van der Waals surface area contributed by atoms with Crippen molar-refractivity contribution < 1.29 is 4.79 Å². The first-order chi connectivity index (χ1) is 9.85. The molecule has 1 heterocycles.